The molecule has 0 aliphatic heterocycles. The van der Waals surface area contributed by atoms with Gasteiger partial charge in [0.05, 0.1) is 47.1 Å². The number of anilines is 1. The average Bonchev–Trinajstić information content (AvgIpc) is 2.83. The van der Waals surface area contributed by atoms with Gasteiger partial charge < -0.3 is 9.47 Å². The number of ether oxygens (including phenoxy) is 2. The number of rotatable bonds is 8. The van der Waals surface area contributed by atoms with Crippen LogP contribution in [-0.2, 0) is 10.0 Å². The lowest BCUT2D eigenvalue weighted by atomic mass is 10.0. The molecule has 13 heteroatoms. The fourth-order valence-electron chi connectivity index (χ4n) is 3.41. The number of nitrogens with one attached hydrogen (secondary N) is 1. The summed E-state index contributed by atoms with van der Waals surface area (Å²) in [5, 5.41) is 9.34. The van der Waals surface area contributed by atoms with Gasteiger partial charge in [0.1, 0.15) is 17.6 Å². The molecule has 38 heavy (non-hydrogen) atoms. The first-order valence-electron chi connectivity index (χ1n) is 10.9. The molecule has 8 nitrogen and oxygen atoms in total. The van der Waals surface area contributed by atoms with Crippen LogP contribution in [0.1, 0.15) is 12.0 Å². The van der Waals surface area contributed by atoms with Crippen molar-refractivity contribution >= 4 is 38.5 Å². The summed E-state index contributed by atoms with van der Waals surface area (Å²) in [7, 11) is -3.47. The lowest BCUT2D eigenvalue weighted by molar-refractivity contribution is -0.139. The van der Waals surface area contributed by atoms with Gasteiger partial charge in [0.2, 0.25) is 10.0 Å². The topological polar surface area (TPSA) is 114 Å². The van der Waals surface area contributed by atoms with Crippen molar-refractivity contribution in [3.05, 3.63) is 71.4 Å². The van der Waals surface area contributed by atoms with Gasteiger partial charge in [-0.05, 0) is 35.4 Å². The first kappa shape index (κ1) is 27.0. The zero-order valence-electron chi connectivity index (χ0n) is 19.6. The van der Waals surface area contributed by atoms with Crippen molar-refractivity contribution in [3.8, 4) is 34.4 Å². The molecule has 196 valence electrons. The summed E-state index contributed by atoms with van der Waals surface area (Å²) in [6.45, 7) is -0.668. The van der Waals surface area contributed by atoms with Crippen LogP contribution in [0.15, 0.2) is 60.8 Å². The molecule has 0 unspecified atom stereocenters. The molecule has 4 aromatic rings. The minimum Gasteiger partial charge on any atom is -0.490 e. The average molecular weight is 563 g/mol. The van der Waals surface area contributed by atoms with Crippen LogP contribution in [0.25, 0.3) is 22.2 Å². The number of aromatic nitrogens is 2. The summed E-state index contributed by atoms with van der Waals surface area (Å²) in [6, 6.07) is 16.9. The normalized spacial score (nSPS) is 11.7. The van der Waals surface area contributed by atoms with E-state index in [-0.39, 0.29) is 27.9 Å². The highest BCUT2D eigenvalue weighted by Gasteiger charge is 2.27. The van der Waals surface area contributed by atoms with Crippen molar-refractivity contribution in [2.24, 2.45) is 0 Å². The van der Waals surface area contributed by atoms with Gasteiger partial charge in [-0.3, -0.25) is 9.71 Å². The van der Waals surface area contributed by atoms with Crippen molar-refractivity contribution in [1.29, 1.82) is 5.26 Å². The van der Waals surface area contributed by atoms with E-state index in [0.29, 0.717) is 16.8 Å². The number of benzene rings is 3. The molecule has 0 bridgehead atoms. The number of hydrogen-bond acceptors (Lipinski definition) is 7. The van der Waals surface area contributed by atoms with Crippen molar-refractivity contribution in [2.45, 2.75) is 12.6 Å². The maximum Gasteiger partial charge on any atom is 0.392 e. The maximum atomic E-state index is 12.4. The zero-order valence-corrected chi connectivity index (χ0v) is 21.2. The molecule has 0 spiro atoms. The van der Waals surface area contributed by atoms with Crippen molar-refractivity contribution in [2.75, 3.05) is 17.6 Å². The third kappa shape index (κ3) is 7.02. The molecule has 0 saturated carbocycles. The standard InChI is InChI=1S/C25H18ClF3N4O4S/c1-38(34,35)33-23-14-31-22-11-16(4-7-21(22)32-23)15-2-5-18(6-3-15)37-19-10-17(13-30)24(20(26)12-19)36-9-8-25(27,28)29/h2-7,10-12,14H,8-9H2,1H3,(H,32,33). The van der Waals surface area contributed by atoms with Crippen molar-refractivity contribution in [3.63, 3.8) is 0 Å². The van der Waals surface area contributed by atoms with E-state index >= 15 is 0 Å². The van der Waals surface area contributed by atoms with Gasteiger partial charge in [-0.25, -0.2) is 13.4 Å². The molecule has 0 amide bonds. The van der Waals surface area contributed by atoms with Crippen LogP contribution in [0.5, 0.6) is 17.2 Å². The molecule has 4 rings (SSSR count). The molecule has 3 aromatic carbocycles. The molecular weight excluding hydrogens is 545 g/mol. The Kier molecular flexibility index (Phi) is 7.61. The first-order valence-corrected chi connectivity index (χ1v) is 13.1. The highest BCUT2D eigenvalue weighted by atomic mass is 35.5. The van der Waals surface area contributed by atoms with Crippen LogP contribution in [0.3, 0.4) is 0 Å². The molecule has 1 N–H and O–H groups in total. The Hall–Kier alpha value is -4.08. The van der Waals surface area contributed by atoms with E-state index in [4.69, 9.17) is 21.1 Å². The van der Waals surface area contributed by atoms with Crippen LogP contribution in [0, 0.1) is 11.3 Å². The third-order valence-corrected chi connectivity index (χ3v) is 5.89. The van der Waals surface area contributed by atoms with Crippen molar-refractivity contribution in [1.82, 2.24) is 9.97 Å². The van der Waals surface area contributed by atoms with Gasteiger partial charge in [0.15, 0.2) is 11.6 Å². The quantitative estimate of drug-likeness (QED) is 0.267. The molecule has 1 aromatic heterocycles. The predicted octanol–water partition coefficient (Wildman–Crippen LogP) is 6.32. The SMILES string of the molecule is CS(=O)(=O)Nc1cnc2cc(-c3ccc(Oc4cc(Cl)c(OCCC(F)(F)F)c(C#N)c4)cc3)ccc2n1. The van der Waals surface area contributed by atoms with E-state index in [0.717, 1.165) is 17.4 Å². The number of fused-ring (bicyclic) bond motifs is 1. The van der Waals surface area contributed by atoms with Gasteiger partial charge in [-0.15, -0.1) is 0 Å². The number of sulfonamides is 1. The predicted molar refractivity (Wildman–Crippen MR) is 136 cm³/mol. The van der Waals surface area contributed by atoms with E-state index in [1.807, 2.05) is 12.1 Å². The number of nitrogens with zero attached hydrogens (tertiary/aromatic N) is 3. The van der Waals surface area contributed by atoms with Gasteiger partial charge in [0.25, 0.3) is 0 Å². The molecule has 0 fully saturated rings. The second-order valence-corrected chi connectivity index (χ2v) is 10.2. The van der Waals surface area contributed by atoms with E-state index < -0.39 is 29.2 Å². The Morgan fingerprint density at radius 2 is 1.74 bits per heavy atom. The summed E-state index contributed by atoms with van der Waals surface area (Å²) in [6.07, 6.45) is -3.21. The van der Waals surface area contributed by atoms with E-state index in [1.165, 1.54) is 18.3 Å². The zero-order chi connectivity index (χ0) is 27.5. The smallest absolute Gasteiger partial charge is 0.392 e. The third-order valence-electron chi connectivity index (χ3n) is 5.03. The lowest BCUT2D eigenvalue weighted by Crippen LogP contribution is -2.13. The van der Waals surface area contributed by atoms with Gasteiger partial charge in [0, 0.05) is 12.1 Å². The van der Waals surface area contributed by atoms with Crippen LogP contribution in [-0.4, -0.2) is 37.4 Å². The Balaban J connectivity index is 1.49. The Bertz CT molecular complexity index is 1640. The monoisotopic (exact) mass is 562 g/mol. The highest BCUT2D eigenvalue weighted by molar-refractivity contribution is 7.92. The number of nitriles is 1. The maximum absolute atomic E-state index is 12.4. The minimum absolute atomic E-state index is 0.0509. The Labute approximate surface area is 220 Å². The fourth-order valence-corrected chi connectivity index (χ4v) is 4.15. The van der Waals surface area contributed by atoms with E-state index in [9.17, 15) is 26.9 Å². The number of alkyl halides is 3. The first-order chi connectivity index (χ1) is 17.9. The number of halogens is 4. The Morgan fingerprint density at radius 1 is 1.03 bits per heavy atom. The van der Waals surface area contributed by atoms with Crippen LogP contribution >= 0.6 is 11.6 Å². The summed E-state index contributed by atoms with van der Waals surface area (Å²) < 4.78 is 73.1. The molecular formula is C25H18ClF3N4O4S. The van der Waals surface area contributed by atoms with Gasteiger partial charge in [-0.1, -0.05) is 29.8 Å². The number of hydrogen-bond donors (Lipinski definition) is 1. The minimum atomic E-state index is -4.39. The molecule has 0 radical (unpaired) electrons. The van der Waals surface area contributed by atoms with E-state index in [1.54, 1.807) is 36.4 Å². The van der Waals surface area contributed by atoms with Crippen LogP contribution in [0.2, 0.25) is 5.02 Å². The van der Waals surface area contributed by atoms with Gasteiger partial charge in [-0.2, -0.15) is 18.4 Å². The summed E-state index contributed by atoms with van der Waals surface area (Å²) in [5.74, 6) is 0.619. The molecule has 0 aliphatic carbocycles. The molecule has 0 atom stereocenters. The summed E-state index contributed by atoms with van der Waals surface area (Å²) in [4.78, 5) is 8.51. The Morgan fingerprint density at radius 3 is 2.39 bits per heavy atom. The van der Waals surface area contributed by atoms with Crippen molar-refractivity contribution < 1.29 is 31.1 Å². The van der Waals surface area contributed by atoms with Gasteiger partial charge >= 0.3 is 6.18 Å². The second-order valence-electron chi connectivity index (χ2n) is 8.07. The largest absolute Gasteiger partial charge is 0.490 e. The molecule has 1 heterocycles. The van der Waals surface area contributed by atoms with E-state index in [2.05, 4.69) is 14.7 Å². The molecule has 0 saturated heterocycles. The second kappa shape index (κ2) is 10.7. The lowest BCUT2D eigenvalue weighted by Gasteiger charge is -2.13. The van der Waals surface area contributed by atoms with Crippen LogP contribution in [0.4, 0.5) is 19.0 Å². The fraction of sp³-hybridized carbons (Fsp3) is 0.160. The highest BCUT2D eigenvalue weighted by Crippen LogP contribution is 2.36. The molecule has 0 aliphatic rings. The summed E-state index contributed by atoms with van der Waals surface area (Å²) >= 11 is 6.14. The van der Waals surface area contributed by atoms with Crippen LogP contribution < -0.4 is 14.2 Å². The summed E-state index contributed by atoms with van der Waals surface area (Å²) in [5.41, 5.74) is 2.69.